The average molecular weight is 281 g/mol. The van der Waals surface area contributed by atoms with E-state index in [1.807, 2.05) is 0 Å². The lowest BCUT2D eigenvalue weighted by Gasteiger charge is -2.40. The smallest absolute Gasteiger partial charge is 0.107 e. The number of piperazine rings is 1. The van der Waals surface area contributed by atoms with E-state index in [4.69, 9.17) is 4.98 Å². The predicted molar refractivity (Wildman–Crippen MR) is 82.8 cm³/mol. The van der Waals surface area contributed by atoms with Crippen molar-refractivity contribution in [1.82, 2.24) is 15.2 Å². The van der Waals surface area contributed by atoms with Crippen LogP contribution in [0.3, 0.4) is 0 Å². The van der Waals surface area contributed by atoms with Crippen LogP contribution in [0.5, 0.6) is 0 Å². The maximum absolute atomic E-state index is 4.81. The van der Waals surface area contributed by atoms with Gasteiger partial charge < -0.3 is 5.32 Å². The average Bonchev–Trinajstić information content (AvgIpc) is 2.77. The van der Waals surface area contributed by atoms with Gasteiger partial charge in [0.2, 0.25) is 0 Å². The Hall–Kier alpha value is -0.450. The summed E-state index contributed by atoms with van der Waals surface area (Å²) < 4.78 is 0. The van der Waals surface area contributed by atoms with Gasteiger partial charge in [0.25, 0.3) is 0 Å². The van der Waals surface area contributed by atoms with E-state index in [2.05, 4.69) is 50.2 Å². The summed E-state index contributed by atoms with van der Waals surface area (Å²) in [5.41, 5.74) is 1.65. The molecule has 19 heavy (non-hydrogen) atoms. The Bertz CT molecular complexity index is 421. The summed E-state index contributed by atoms with van der Waals surface area (Å²) >= 11 is 1.80. The fourth-order valence-electron chi connectivity index (χ4n) is 2.44. The fourth-order valence-corrected chi connectivity index (χ4v) is 3.50. The quantitative estimate of drug-likeness (QED) is 0.923. The van der Waals surface area contributed by atoms with Gasteiger partial charge in [-0.2, -0.15) is 0 Å². The lowest BCUT2D eigenvalue weighted by atomic mass is 9.93. The Morgan fingerprint density at radius 3 is 2.79 bits per heavy atom. The predicted octanol–water partition coefficient (Wildman–Crippen LogP) is 3.01. The van der Waals surface area contributed by atoms with Gasteiger partial charge >= 0.3 is 0 Å². The standard InChI is InChI=1S/C15H27N3S/c1-6-15(5)11-18(8-7-16-15)9-13-17-12(10-19-13)14(2,3)4/h10,16H,6-9,11H2,1-5H3. The highest BCUT2D eigenvalue weighted by molar-refractivity contribution is 7.09. The third-order valence-electron chi connectivity index (χ3n) is 4.01. The first-order chi connectivity index (χ1) is 8.82. The van der Waals surface area contributed by atoms with E-state index >= 15 is 0 Å². The number of hydrogen-bond acceptors (Lipinski definition) is 4. The van der Waals surface area contributed by atoms with Crippen LogP contribution in [0.2, 0.25) is 0 Å². The minimum absolute atomic E-state index is 0.163. The number of aromatic nitrogens is 1. The molecule has 0 amide bonds. The van der Waals surface area contributed by atoms with Crippen LogP contribution in [-0.4, -0.2) is 35.1 Å². The van der Waals surface area contributed by atoms with Crippen molar-refractivity contribution in [3.63, 3.8) is 0 Å². The number of nitrogens with one attached hydrogen (secondary N) is 1. The molecule has 1 unspecified atom stereocenters. The van der Waals surface area contributed by atoms with Crippen molar-refractivity contribution in [1.29, 1.82) is 0 Å². The van der Waals surface area contributed by atoms with Crippen LogP contribution < -0.4 is 5.32 Å². The van der Waals surface area contributed by atoms with Gasteiger partial charge in [-0.3, -0.25) is 4.90 Å². The van der Waals surface area contributed by atoms with E-state index < -0.39 is 0 Å². The first-order valence-electron chi connectivity index (χ1n) is 7.25. The van der Waals surface area contributed by atoms with Gasteiger partial charge in [-0.1, -0.05) is 27.7 Å². The van der Waals surface area contributed by atoms with Crippen LogP contribution in [-0.2, 0) is 12.0 Å². The van der Waals surface area contributed by atoms with Gasteiger partial charge in [0, 0.05) is 36.0 Å². The molecule has 1 aliphatic heterocycles. The van der Waals surface area contributed by atoms with E-state index in [0.29, 0.717) is 0 Å². The third kappa shape index (κ3) is 3.77. The van der Waals surface area contributed by atoms with E-state index in [1.54, 1.807) is 11.3 Å². The summed E-state index contributed by atoms with van der Waals surface area (Å²) in [6.45, 7) is 15.6. The second-order valence-corrected chi connectivity index (χ2v) is 7.87. The zero-order valence-electron chi connectivity index (χ0n) is 12.9. The molecule has 4 heteroatoms. The van der Waals surface area contributed by atoms with Gasteiger partial charge in [-0.15, -0.1) is 11.3 Å². The number of thiazole rings is 1. The molecule has 1 atom stereocenters. The van der Waals surface area contributed by atoms with Crippen molar-refractivity contribution in [2.75, 3.05) is 19.6 Å². The van der Waals surface area contributed by atoms with Crippen LogP contribution in [0, 0.1) is 0 Å². The molecule has 1 fully saturated rings. The van der Waals surface area contributed by atoms with E-state index in [-0.39, 0.29) is 11.0 Å². The molecule has 1 aromatic rings. The molecule has 2 heterocycles. The molecule has 0 spiro atoms. The summed E-state index contributed by atoms with van der Waals surface area (Å²) in [4.78, 5) is 7.34. The molecule has 1 N–H and O–H groups in total. The van der Waals surface area contributed by atoms with Gasteiger partial charge in [-0.25, -0.2) is 4.98 Å². The zero-order valence-corrected chi connectivity index (χ0v) is 13.7. The molecule has 0 saturated carbocycles. The third-order valence-corrected chi connectivity index (χ3v) is 4.85. The molecule has 0 radical (unpaired) electrons. The van der Waals surface area contributed by atoms with Crippen LogP contribution >= 0.6 is 11.3 Å². The van der Waals surface area contributed by atoms with Crippen LogP contribution in [0.15, 0.2) is 5.38 Å². The Kier molecular flexibility index (Phi) is 4.33. The first-order valence-corrected chi connectivity index (χ1v) is 8.13. The topological polar surface area (TPSA) is 28.2 Å². The van der Waals surface area contributed by atoms with Crippen molar-refractivity contribution in [3.8, 4) is 0 Å². The normalized spacial score (nSPS) is 25.7. The SMILES string of the molecule is CCC1(C)CN(Cc2nc(C(C)(C)C)cs2)CCN1. The van der Waals surface area contributed by atoms with E-state index in [1.165, 1.54) is 17.1 Å². The summed E-state index contributed by atoms with van der Waals surface area (Å²) in [6, 6.07) is 0. The fraction of sp³-hybridized carbons (Fsp3) is 0.800. The van der Waals surface area contributed by atoms with Gasteiger partial charge in [0.1, 0.15) is 5.01 Å². The van der Waals surface area contributed by atoms with Crippen molar-refractivity contribution in [2.45, 2.75) is 58.5 Å². The molecule has 1 aromatic heterocycles. The van der Waals surface area contributed by atoms with Crippen molar-refractivity contribution < 1.29 is 0 Å². The van der Waals surface area contributed by atoms with Crippen LogP contribution in [0.1, 0.15) is 51.7 Å². The molecular formula is C15H27N3S. The Labute approximate surface area is 121 Å². The largest absolute Gasteiger partial charge is 0.309 e. The molecule has 0 aliphatic carbocycles. The molecular weight excluding hydrogens is 254 g/mol. The second kappa shape index (κ2) is 5.51. The molecule has 0 bridgehead atoms. The summed E-state index contributed by atoms with van der Waals surface area (Å²) in [5.74, 6) is 0. The molecule has 3 nitrogen and oxygen atoms in total. The molecule has 2 rings (SSSR count). The highest BCUT2D eigenvalue weighted by atomic mass is 32.1. The van der Waals surface area contributed by atoms with Gasteiger partial charge in [-0.05, 0) is 13.3 Å². The first kappa shape index (κ1) is 14.9. The number of nitrogens with zero attached hydrogens (tertiary/aromatic N) is 2. The lowest BCUT2D eigenvalue weighted by molar-refractivity contribution is 0.133. The molecule has 0 aromatic carbocycles. The summed E-state index contributed by atoms with van der Waals surface area (Å²) in [5, 5.41) is 7.11. The Morgan fingerprint density at radius 1 is 1.47 bits per heavy atom. The molecule has 108 valence electrons. The Morgan fingerprint density at radius 2 is 2.21 bits per heavy atom. The van der Waals surface area contributed by atoms with Crippen LogP contribution in [0.4, 0.5) is 0 Å². The van der Waals surface area contributed by atoms with E-state index in [0.717, 1.165) is 26.2 Å². The zero-order chi connectivity index (χ0) is 14.1. The van der Waals surface area contributed by atoms with Crippen molar-refractivity contribution in [3.05, 3.63) is 16.1 Å². The monoisotopic (exact) mass is 281 g/mol. The maximum atomic E-state index is 4.81. The number of hydrogen-bond donors (Lipinski definition) is 1. The number of rotatable bonds is 3. The highest BCUT2D eigenvalue weighted by Crippen LogP contribution is 2.25. The Balaban J connectivity index is 1.99. The van der Waals surface area contributed by atoms with Crippen molar-refractivity contribution >= 4 is 11.3 Å². The van der Waals surface area contributed by atoms with Gasteiger partial charge in [0.15, 0.2) is 0 Å². The summed E-state index contributed by atoms with van der Waals surface area (Å²) in [6.07, 6.45) is 1.18. The summed E-state index contributed by atoms with van der Waals surface area (Å²) in [7, 11) is 0. The van der Waals surface area contributed by atoms with Crippen molar-refractivity contribution in [2.24, 2.45) is 0 Å². The van der Waals surface area contributed by atoms with Crippen LogP contribution in [0.25, 0.3) is 0 Å². The maximum Gasteiger partial charge on any atom is 0.107 e. The molecule has 1 aliphatic rings. The highest BCUT2D eigenvalue weighted by Gasteiger charge is 2.29. The lowest BCUT2D eigenvalue weighted by Crippen LogP contribution is -2.58. The minimum Gasteiger partial charge on any atom is -0.309 e. The van der Waals surface area contributed by atoms with E-state index in [9.17, 15) is 0 Å². The minimum atomic E-state index is 0.163. The second-order valence-electron chi connectivity index (χ2n) is 6.93. The molecule has 1 saturated heterocycles. The van der Waals surface area contributed by atoms with Gasteiger partial charge in [0.05, 0.1) is 12.2 Å².